The second-order valence-electron chi connectivity index (χ2n) is 11.9. The predicted octanol–water partition coefficient (Wildman–Crippen LogP) is 5.14. The van der Waals surface area contributed by atoms with Gasteiger partial charge in [-0.1, -0.05) is 80.4 Å². The molecule has 0 aliphatic carbocycles. The molecule has 0 unspecified atom stereocenters. The van der Waals surface area contributed by atoms with Crippen molar-refractivity contribution >= 4 is 47.0 Å². The van der Waals surface area contributed by atoms with Crippen molar-refractivity contribution < 1.29 is 38.1 Å². The van der Waals surface area contributed by atoms with E-state index >= 15 is 0 Å². The highest BCUT2D eigenvalue weighted by Crippen LogP contribution is 2.45. The third-order valence-corrected chi connectivity index (χ3v) is 8.41. The van der Waals surface area contributed by atoms with E-state index in [1.54, 1.807) is 18.2 Å². The van der Waals surface area contributed by atoms with Gasteiger partial charge in [-0.2, -0.15) is 0 Å². The first-order chi connectivity index (χ1) is 22.0. The standard InChI is InChI=1S/C34H40Cl2N2O8/c1-19(2)15-27-34(42)45-26(20(3)30-31(46-30)22-9-6-5-7-10-22)11-8-12-28(39)38-25(33(41)37-14-13-29(40)44-27)18-21-16-23(35)32(43-4)24(36)17-21/h5-10,12,16-17,19-20,25-27,30-31H,11,13-15,18H2,1-4H3,(H,37,41)(H,38,39)/t20-,25+,26-,27-,30+,31+/m0/s1. The van der Waals surface area contributed by atoms with E-state index in [1.165, 1.54) is 13.2 Å². The van der Waals surface area contributed by atoms with Crippen LogP contribution in [-0.2, 0) is 39.8 Å². The first-order valence-electron chi connectivity index (χ1n) is 15.3. The second-order valence-corrected chi connectivity index (χ2v) is 12.7. The zero-order valence-corrected chi connectivity index (χ0v) is 27.8. The average Bonchev–Trinajstić information content (AvgIpc) is 3.80. The lowest BCUT2D eigenvalue weighted by Gasteiger charge is -2.26. The summed E-state index contributed by atoms with van der Waals surface area (Å²) in [6.45, 7) is 5.67. The molecule has 2 aliphatic rings. The van der Waals surface area contributed by atoms with E-state index in [1.807, 2.05) is 51.1 Å². The van der Waals surface area contributed by atoms with Gasteiger partial charge in [0.2, 0.25) is 11.8 Å². The molecule has 2 aromatic rings. The summed E-state index contributed by atoms with van der Waals surface area (Å²) in [4.78, 5) is 52.4. The van der Waals surface area contributed by atoms with E-state index in [-0.39, 0.29) is 66.3 Å². The van der Waals surface area contributed by atoms with Crippen LogP contribution < -0.4 is 15.4 Å². The molecule has 10 nitrogen and oxygen atoms in total. The number of methoxy groups -OCH3 is 1. The Morgan fingerprint density at radius 2 is 1.70 bits per heavy atom. The molecule has 6 atom stereocenters. The van der Waals surface area contributed by atoms with Crippen LogP contribution in [0.4, 0.5) is 0 Å². The molecule has 2 aromatic carbocycles. The summed E-state index contributed by atoms with van der Waals surface area (Å²) < 4.78 is 22.7. The Morgan fingerprint density at radius 1 is 1.00 bits per heavy atom. The Labute approximate surface area is 279 Å². The molecule has 0 aromatic heterocycles. The fourth-order valence-electron chi connectivity index (χ4n) is 5.39. The minimum atomic E-state index is -1.12. The number of nitrogens with one attached hydrogen (secondary N) is 2. The molecule has 0 bridgehead atoms. The van der Waals surface area contributed by atoms with Crippen LogP contribution in [0.2, 0.25) is 10.0 Å². The molecule has 248 valence electrons. The van der Waals surface area contributed by atoms with Crippen molar-refractivity contribution in [1.29, 1.82) is 0 Å². The van der Waals surface area contributed by atoms with Crippen LogP contribution in [0.1, 0.15) is 57.3 Å². The van der Waals surface area contributed by atoms with Gasteiger partial charge in [-0.15, -0.1) is 0 Å². The van der Waals surface area contributed by atoms with Gasteiger partial charge in [0.25, 0.3) is 0 Å². The Kier molecular flexibility index (Phi) is 12.5. The molecule has 1 saturated heterocycles. The molecular weight excluding hydrogens is 635 g/mol. The fourth-order valence-corrected chi connectivity index (χ4v) is 6.08. The molecule has 2 N–H and O–H groups in total. The van der Waals surface area contributed by atoms with Crippen molar-refractivity contribution in [2.45, 2.75) is 76.9 Å². The number of hydrogen-bond donors (Lipinski definition) is 2. The zero-order chi connectivity index (χ0) is 33.4. The van der Waals surface area contributed by atoms with E-state index in [2.05, 4.69) is 10.6 Å². The fraction of sp³-hybridized carbons (Fsp3) is 0.471. The SMILES string of the molecule is COc1c(Cl)cc(C[C@H]2NC(=O)C=CC[C@@H]([C@H](C)[C@H]3O[C@@H]3c3ccccc3)OC(=O)[C@H](CC(C)C)OC(=O)CCNC2=O)cc1Cl. The number of carbonyl (C=O) groups excluding carboxylic acids is 4. The van der Waals surface area contributed by atoms with Gasteiger partial charge < -0.3 is 29.6 Å². The molecule has 0 spiro atoms. The van der Waals surface area contributed by atoms with Crippen LogP contribution in [-0.4, -0.2) is 61.8 Å². The van der Waals surface area contributed by atoms with Crippen LogP contribution in [0, 0.1) is 11.8 Å². The zero-order valence-electron chi connectivity index (χ0n) is 26.3. The van der Waals surface area contributed by atoms with E-state index in [4.69, 9.17) is 42.1 Å². The smallest absolute Gasteiger partial charge is 0.347 e. The molecule has 2 heterocycles. The number of ether oxygens (including phenoxy) is 4. The Bertz CT molecular complexity index is 1410. The summed E-state index contributed by atoms with van der Waals surface area (Å²) in [6.07, 6.45) is 1.05. The van der Waals surface area contributed by atoms with Crippen molar-refractivity contribution in [1.82, 2.24) is 10.6 Å². The minimum Gasteiger partial charge on any atom is -0.494 e. The molecular formula is C34H40Cl2N2O8. The van der Waals surface area contributed by atoms with Gasteiger partial charge in [0.05, 0.1) is 29.7 Å². The lowest BCUT2D eigenvalue weighted by atomic mass is 9.93. The van der Waals surface area contributed by atoms with E-state index in [0.717, 1.165) is 5.56 Å². The highest BCUT2D eigenvalue weighted by molar-refractivity contribution is 6.37. The van der Waals surface area contributed by atoms with E-state index < -0.39 is 42.0 Å². The maximum atomic E-state index is 13.4. The van der Waals surface area contributed by atoms with Crippen molar-refractivity contribution in [3.8, 4) is 5.75 Å². The molecule has 2 amide bonds. The molecule has 46 heavy (non-hydrogen) atoms. The maximum Gasteiger partial charge on any atom is 0.347 e. The first kappa shape index (κ1) is 35.3. The predicted molar refractivity (Wildman–Crippen MR) is 172 cm³/mol. The first-order valence-corrected chi connectivity index (χ1v) is 16.1. The summed E-state index contributed by atoms with van der Waals surface area (Å²) in [6, 6.07) is 11.9. The van der Waals surface area contributed by atoms with E-state index in [0.29, 0.717) is 11.3 Å². The van der Waals surface area contributed by atoms with Crippen molar-refractivity contribution in [3.63, 3.8) is 0 Å². The number of rotatable bonds is 8. The summed E-state index contributed by atoms with van der Waals surface area (Å²) in [7, 11) is 1.44. The van der Waals surface area contributed by atoms with Crippen LogP contribution in [0.3, 0.4) is 0 Å². The topological polar surface area (TPSA) is 133 Å². The normalized spacial score (nSPS) is 25.2. The quantitative estimate of drug-likeness (QED) is 0.291. The van der Waals surface area contributed by atoms with Crippen LogP contribution >= 0.6 is 23.2 Å². The van der Waals surface area contributed by atoms with Gasteiger partial charge in [-0.3, -0.25) is 14.4 Å². The van der Waals surface area contributed by atoms with E-state index in [9.17, 15) is 19.2 Å². The van der Waals surface area contributed by atoms with Gasteiger partial charge >= 0.3 is 11.9 Å². The monoisotopic (exact) mass is 674 g/mol. The molecule has 0 radical (unpaired) electrons. The van der Waals surface area contributed by atoms with Crippen LogP contribution in [0.15, 0.2) is 54.6 Å². The number of hydrogen-bond acceptors (Lipinski definition) is 8. The third kappa shape index (κ3) is 9.70. The van der Waals surface area contributed by atoms with Crippen LogP contribution in [0.5, 0.6) is 5.75 Å². The molecule has 1 fully saturated rings. The van der Waals surface area contributed by atoms with Gasteiger partial charge in [-0.05, 0) is 41.7 Å². The molecule has 4 rings (SSSR count). The molecule has 12 heteroatoms. The maximum absolute atomic E-state index is 13.4. The van der Waals surface area contributed by atoms with Gasteiger partial charge in [-0.25, -0.2) is 4.79 Å². The van der Waals surface area contributed by atoms with Crippen molar-refractivity contribution in [2.24, 2.45) is 11.8 Å². The number of esters is 2. The highest BCUT2D eigenvalue weighted by atomic mass is 35.5. The van der Waals surface area contributed by atoms with Gasteiger partial charge in [0, 0.05) is 25.3 Å². The number of epoxide rings is 1. The average molecular weight is 676 g/mol. The number of benzene rings is 2. The Morgan fingerprint density at radius 3 is 2.35 bits per heavy atom. The Hall–Kier alpha value is -3.60. The number of halogens is 2. The minimum absolute atomic E-state index is 0.0325. The lowest BCUT2D eigenvalue weighted by molar-refractivity contribution is -0.174. The Balaban J connectivity index is 1.56. The number of carbonyl (C=O) groups is 4. The lowest BCUT2D eigenvalue weighted by Crippen LogP contribution is -2.48. The highest BCUT2D eigenvalue weighted by Gasteiger charge is 2.47. The molecule has 0 saturated carbocycles. The number of cyclic esters (lactones) is 2. The van der Waals surface area contributed by atoms with Gasteiger partial charge in [0.1, 0.15) is 18.2 Å². The van der Waals surface area contributed by atoms with Gasteiger partial charge in [0.15, 0.2) is 11.9 Å². The van der Waals surface area contributed by atoms with Crippen molar-refractivity contribution in [2.75, 3.05) is 13.7 Å². The summed E-state index contributed by atoms with van der Waals surface area (Å²) in [5.41, 5.74) is 1.60. The largest absolute Gasteiger partial charge is 0.494 e. The summed E-state index contributed by atoms with van der Waals surface area (Å²) in [5.74, 6) is -2.30. The third-order valence-electron chi connectivity index (χ3n) is 7.85. The molecule has 2 aliphatic heterocycles. The summed E-state index contributed by atoms with van der Waals surface area (Å²) in [5, 5.41) is 5.89. The second kappa shape index (κ2) is 16.3. The summed E-state index contributed by atoms with van der Waals surface area (Å²) >= 11 is 12.6. The van der Waals surface area contributed by atoms with Crippen LogP contribution in [0.25, 0.3) is 0 Å². The number of amides is 2. The van der Waals surface area contributed by atoms with Crippen molar-refractivity contribution in [3.05, 3.63) is 75.8 Å².